The van der Waals surface area contributed by atoms with Gasteiger partial charge in [-0.1, -0.05) is 17.7 Å². The van der Waals surface area contributed by atoms with E-state index in [1.165, 1.54) is 12.1 Å². The van der Waals surface area contributed by atoms with Crippen molar-refractivity contribution in [3.63, 3.8) is 0 Å². The van der Waals surface area contributed by atoms with Gasteiger partial charge in [-0.2, -0.15) is 26.3 Å². The number of aryl methyl sites for hydroxylation is 1. The highest BCUT2D eigenvalue weighted by Crippen LogP contribution is 2.43. The van der Waals surface area contributed by atoms with Crippen molar-refractivity contribution in [2.45, 2.75) is 19.3 Å². The molecule has 0 saturated heterocycles. The largest absolute Gasteiger partial charge is 0.427 e. The predicted molar refractivity (Wildman–Crippen MR) is 62.7 cm³/mol. The molecule has 0 saturated carbocycles. The van der Waals surface area contributed by atoms with Crippen molar-refractivity contribution in [2.24, 2.45) is 0 Å². The molecule has 0 N–H and O–H groups in total. The van der Waals surface area contributed by atoms with Gasteiger partial charge in [-0.3, -0.25) is 9.05 Å². The van der Waals surface area contributed by atoms with Crippen LogP contribution in [0.3, 0.4) is 0 Å². The SMILES string of the molecule is Cc1ccc(OP(OCC(F)(F)F)OCC(F)(F)F)cc1. The van der Waals surface area contributed by atoms with Crippen molar-refractivity contribution in [1.82, 2.24) is 0 Å². The van der Waals surface area contributed by atoms with Crippen LogP contribution in [0.5, 0.6) is 5.75 Å². The monoisotopic (exact) mass is 336 g/mol. The number of benzene rings is 1. The molecule has 0 aromatic heterocycles. The first-order valence-corrected chi connectivity index (χ1v) is 6.59. The average molecular weight is 336 g/mol. The Morgan fingerprint density at radius 2 is 1.29 bits per heavy atom. The molecule has 1 aromatic carbocycles. The lowest BCUT2D eigenvalue weighted by molar-refractivity contribution is -0.165. The molecule has 0 aliphatic heterocycles. The van der Waals surface area contributed by atoms with Crippen LogP contribution in [0.15, 0.2) is 24.3 Å². The summed E-state index contributed by atoms with van der Waals surface area (Å²) >= 11 is 0. The molecule has 0 fully saturated rings. The first kappa shape index (κ1) is 18.0. The van der Waals surface area contributed by atoms with Gasteiger partial charge in [0, 0.05) is 0 Å². The van der Waals surface area contributed by atoms with Crippen molar-refractivity contribution in [2.75, 3.05) is 13.2 Å². The zero-order valence-corrected chi connectivity index (χ0v) is 11.6. The second kappa shape index (κ2) is 7.29. The van der Waals surface area contributed by atoms with Crippen LogP contribution in [-0.2, 0) is 9.05 Å². The van der Waals surface area contributed by atoms with Crippen LogP contribution in [0.25, 0.3) is 0 Å². The number of hydrogen-bond donors (Lipinski definition) is 0. The van der Waals surface area contributed by atoms with Gasteiger partial charge in [0.05, 0.1) is 0 Å². The zero-order chi connectivity index (χ0) is 16.1. The Hall–Kier alpha value is -1.05. The normalized spacial score (nSPS) is 12.8. The van der Waals surface area contributed by atoms with E-state index in [0.717, 1.165) is 5.56 Å². The van der Waals surface area contributed by atoms with Crippen LogP contribution in [0.1, 0.15) is 5.56 Å². The van der Waals surface area contributed by atoms with Crippen LogP contribution in [0.2, 0.25) is 0 Å². The van der Waals surface area contributed by atoms with E-state index in [2.05, 4.69) is 9.05 Å². The van der Waals surface area contributed by atoms with Crippen LogP contribution in [0.4, 0.5) is 26.3 Å². The number of halogens is 6. The first-order chi connectivity index (χ1) is 9.55. The lowest BCUT2D eigenvalue weighted by Gasteiger charge is -2.18. The maximum Gasteiger partial charge on any atom is 0.412 e. The smallest absolute Gasteiger partial charge is 0.412 e. The molecule has 0 aliphatic carbocycles. The van der Waals surface area contributed by atoms with E-state index in [1.807, 2.05) is 0 Å². The molecule has 0 aliphatic rings. The molecule has 0 heterocycles. The lowest BCUT2D eigenvalue weighted by atomic mass is 10.2. The summed E-state index contributed by atoms with van der Waals surface area (Å²) in [5.74, 6) is 0.0519. The molecule has 3 nitrogen and oxygen atoms in total. The van der Waals surface area contributed by atoms with Crippen LogP contribution >= 0.6 is 8.60 Å². The van der Waals surface area contributed by atoms with E-state index in [1.54, 1.807) is 19.1 Å². The Labute approximate surface area is 117 Å². The molecule has 0 unspecified atom stereocenters. The summed E-state index contributed by atoms with van der Waals surface area (Å²) in [4.78, 5) is 0. The fourth-order valence-corrected chi connectivity index (χ4v) is 2.00. The minimum absolute atomic E-state index is 0.0519. The molecule has 0 spiro atoms. The molecule has 0 amide bonds. The number of hydrogen-bond acceptors (Lipinski definition) is 3. The van der Waals surface area contributed by atoms with Gasteiger partial charge in [-0.15, -0.1) is 0 Å². The van der Waals surface area contributed by atoms with E-state index in [9.17, 15) is 26.3 Å². The minimum Gasteiger partial charge on any atom is -0.427 e. The number of alkyl halides is 6. The predicted octanol–water partition coefficient (Wildman–Crippen LogP) is 4.76. The van der Waals surface area contributed by atoms with E-state index < -0.39 is 34.2 Å². The first-order valence-electron chi connectivity index (χ1n) is 5.49. The second-order valence-electron chi connectivity index (χ2n) is 3.91. The molecular formula is C11H11F6O3P. The highest BCUT2D eigenvalue weighted by molar-refractivity contribution is 7.42. The summed E-state index contributed by atoms with van der Waals surface area (Å²) in [5, 5.41) is 0. The maximum absolute atomic E-state index is 12.0. The van der Waals surface area contributed by atoms with Gasteiger partial charge in [0.25, 0.3) is 0 Å². The topological polar surface area (TPSA) is 27.7 Å². The Kier molecular flexibility index (Phi) is 6.24. The summed E-state index contributed by atoms with van der Waals surface area (Å²) in [6, 6.07) is 5.93. The van der Waals surface area contributed by atoms with Gasteiger partial charge in [-0.25, -0.2) is 0 Å². The average Bonchev–Trinajstić information content (AvgIpc) is 2.33. The summed E-state index contributed by atoms with van der Waals surface area (Å²) in [6.45, 7) is -1.77. The molecule has 21 heavy (non-hydrogen) atoms. The van der Waals surface area contributed by atoms with E-state index >= 15 is 0 Å². The summed E-state index contributed by atoms with van der Waals surface area (Å²) in [5.41, 5.74) is 0.846. The Morgan fingerprint density at radius 1 is 0.857 bits per heavy atom. The van der Waals surface area contributed by atoms with E-state index in [4.69, 9.17) is 4.52 Å². The van der Waals surface area contributed by atoms with Crippen LogP contribution in [0, 0.1) is 6.92 Å². The zero-order valence-electron chi connectivity index (χ0n) is 10.7. The Bertz CT molecular complexity index is 413. The van der Waals surface area contributed by atoms with Crippen molar-refractivity contribution in [3.05, 3.63) is 29.8 Å². The third kappa shape index (κ3) is 8.75. The van der Waals surface area contributed by atoms with Crippen LogP contribution < -0.4 is 4.52 Å². The highest BCUT2D eigenvalue weighted by atomic mass is 31.2. The van der Waals surface area contributed by atoms with Crippen molar-refractivity contribution < 1.29 is 39.9 Å². The summed E-state index contributed by atoms with van der Waals surface area (Å²) in [6.07, 6.45) is -9.39. The maximum atomic E-state index is 12.0. The van der Waals surface area contributed by atoms with Gasteiger partial charge in [0.2, 0.25) is 0 Å². The molecule has 0 radical (unpaired) electrons. The fourth-order valence-electron chi connectivity index (χ4n) is 1.03. The van der Waals surface area contributed by atoms with E-state index in [0.29, 0.717) is 0 Å². The second-order valence-corrected chi connectivity index (χ2v) is 5.05. The Morgan fingerprint density at radius 3 is 1.67 bits per heavy atom. The van der Waals surface area contributed by atoms with Crippen LogP contribution in [-0.4, -0.2) is 25.6 Å². The fraction of sp³-hybridized carbons (Fsp3) is 0.455. The van der Waals surface area contributed by atoms with Gasteiger partial charge in [0.1, 0.15) is 5.75 Å². The van der Waals surface area contributed by atoms with Gasteiger partial charge < -0.3 is 4.52 Å². The molecule has 0 atom stereocenters. The van der Waals surface area contributed by atoms with Gasteiger partial charge >= 0.3 is 21.0 Å². The molecule has 0 bridgehead atoms. The minimum atomic E-state index is -4.70. The molecule has 1 aromatic rings. The Balaban J connectivity index is 2.64. The summed E-state index contributed by atoms with van der Waals surface area (Å²) < 4.78 is 85.5. The van der Waals surface area contributed by atoms with Gasteiger partial charge in [0.15, 0.2) is 13.2 Å². The highest BCUT2D eigenvalue weighted by Gasteiger charge is 2.34. The number of rotatable bonds is 6. The summed E-state index contributed by atoms with van der Waals surface area (Å²) in [7, 11) is -2.82. The standard InChI is InChI=1S/C11H11F6O3P/c1-8-2-4-9(5-3-8)20-21(18-6-10(12,13)14)19-7-11(15,16)17/h2-5H,6-7H2,1H3. The molecule has 1 rings (SSSR count). The van der Waals surface area contributed by atoms with Crippen molar-refractivity contribution in [3.8, 4) is 5.75 Å². The lowest BCUT2D eigenvalue weighted by Crippen LogP contribution is -2.19. The van der Waals surface area contributed by atoms with E-state index in [-0.39, 0.29) is 5.75 Å². The molecule has 120 valence electrons. The van der Waals surface area contributed by atoms with Crippen molar-refractivity contribution >= 4 is 8.60 Å². The van der Waals surface area contributed by atoms with Crippen molar-refractivity contribution in [1.29, 1.82) is 0 Å². The molecular weight excluding hydrogens is 325 g/mol. The third-order valence-corrected chi connectivity index (χ3v) is 2.91. The molecule has 10 heteroatoms. The van der Waals surface area contributed by atoms with Gasteiger partial charge in [-0.05, 0) is 19.1 Å². The third-order valence-electron chi connectivity index (χ3n) is 1.87. The quantitative estimate of drug-likeness (QED) is 0.554.